The van der Waals surface area contributed by atoms with Crippen molar-refractivity contribution in [3.63, 3.8) is 0 Å². The predicted octanol–water partition coefficient (Wildman–Crippen LogP) is 2.94. The van der Waals surface area contributed by atoms with E-state index in [1.54, 1.807) is 30.5 Å². The van der Waals surface area contributed by atoms with Crippen molar-refractivity contribution in [3.8, 4) is 5.75 Å². The summed E-state index contributed by atoms with van der Waals surface area (Å²) < 4.78 is 5.23. The molecular formula is C25H26N4O3. The lowest BCUT2D eigenvalue weighted by Gasteiger charge is -2.35. The Morgan fingerprint density at radius 1 is 1.03 bits per heavy atom. The summed E-state index contributed by atoms with van der Waals surface area (Å²) in [6, 6.07) is 19.2. The van der Waals surface area contributed by atoms with Crippen LogP contribution in [0.4, 0.5) is 5.69 Å². The van der Waals surface area contributed by atoms with Gasteiger partial charge in [0.2, 0.25) is 0 Å². The van der Waals surface area contributed by atoms with Crippen LogP contribution in [0.1, 0.15) is 22.7 Å². The number of ether oxygens (including phenoxy) is 1. The van der Waals surface area contributed by atoms with Crippen LogP contribution in [-0.4, -0.2) is 41.9 Å². The molecule has 2 amide bonds. The second kappa shape index (κ2) is 10.1. The predicted molar refractivity (Wildman–Crippen MR) is 122 cm³/mol. The molecule has 7 heteroatoms. The zero-order chi connectivity index (χ0) is 22.3. The van der Waals surface area contributed by atoms with Gasteiger partial charge < -0.3 is 15.4 Å². The molecule has 1 atom stereocenters. The fourth-order valence-corrected chi connectivity index (χ4v) is 4.01. The van der Waals surface area contributed by atoms with Gasteiger partial charge in [0.15, 0.2) is 0 Å². The summed E-state index contributed by atoms with van der Waals surface area (Å²) in [7, 11) is 1.51. The molecule has 7 nitrogen and oxygen atoms in total. The fraction of sp³-hybridized carbons (Fsp3) is 0.240. The standard InChI is InChI=1S/C25H26N4O3/c1-32-23-11-5-4-10-21(23)28-25(31)24(30)27-16-22(19-9-6-13-26-15-19)29-14-12-18-7-2-3-8-20(18)17-29/h2-11,13,15,22H,12,14,16-17H2,1H3,(H,27,30)(H,28,31). The smallest absolute Gasteiger partial charge is 0.313 e. The third-order valence-corrected chi connectivity index (χ3v) is 5.69. The van der Waals surface area contributed by atoms with Gasteiger partial charge in [0.1, 0.15) is 5.75 Å². The summed E-state index contributed by atoms with van der Waals surface area (Å²) in [5.41, 5.74) is 4.09. The van der Waals surface area contributed by atoms with Gasteiger partial charge >= 0.3 is 11.8 Å². The van der Waals surface area contributed by atoms with Crippen LogP contribution in [0, 0.1) is 0 Å². The minimum atomic E-state index is -0.733. The van der Waals surface area contributed by atoms with Crippen LogP contribution >= 0.6 is 0 Å². The average molecular weight is 431 g/mol. The van der Waals surface area contributed by atoms with E-state index in [1.807, 2.05) is 24.4 Å². The van der Waals surface area contributed by atoms with Crippen LogP contribution in [0.5, 0.6) is 5.75 Å². The average Bonchev–Trinajstić information content (AvgIpc) is 2.85. The summed E-state index contributed by atoms with van der Waals surface area (Å²) in [5, 5.41) is 5.41. The molecule has 0 saturated carbocycles. The van der Waals surface area contributed by atoms with E-state index >= 15 is 0 Å². The minimum Gasteiger partial charge on any atom is -0.495 e. The van der Waals surface area contributed by atoms with Gasteiger partial charge in [-0.3, -0.25) is 19.5 Å². The van der Waals surface area contributed by atoms with Gasteiger partial charge in [-0.15, -0.1) is 0 Å². The van der Waals surface area contributed by atoms with E-state index in [-0.39, 0.29) is 6.04 Å². The first kappa shape index (κ1) is 21.5. The number of methoxy groups -OCH3 is 1. The first-order valence-electron chi connectivity index (χ1n) is 10.6. The Kier molecular flexibility index (Phi) is 6.77. The number of hydrogen-bond donors (Lipinski definition) is 2. The van der Waals surface area contributed by atoms with Crippen LogP contribution in [0.2, 0.25) is 0 Å². The Morgan fingerprint density at radius 2 is 1.81 bits per heavy atom. The lowest BCUT2D eigenvalue weighted by molar-refractivity contribution is -0.136. The van der Waals surface area contributed by atoms with Gasteiger partial charge in [0, 0.05) is 32.0 Å². The van der Waals surface area contributed by atoms with Gasteiger partial charge in [0.25, 0.3) is 0 Å². The first-order chi connectivity index (χ1) is 15.7. The third-order valence-electron chi connectivity index (χ3n) is 5.69. The molecule has 4 rings (SSSR count). The number of aromatic nitrogens is 1. The molecule has 164 valence electrons. The number of nitrogens with zero attached hydrogens (tertiary/aromatic N) is 2. The van der Waals surface area contributed by atoms with Gasteiger partial charge in [-0.25, -0.2) is 0 Å². The maximum atomic E-state index is 12.6. The lowest BCUT2D eigenvalue weighted by atomic mass is 9.97. The number of carbonyl (C=O) groups excluding carboxylic acids is 2. The Balaban J connectivity index is 1.45. The normalized spacial score (nSPS) is 14.2. The molecule has 2 aromatic carbocycles. The van der Waals surface area contributed by atoms with Gasteiger partial charge in [-0.1, -0.05) is 42.5 Å². The van der Waals surface area contributed by atoms with Crippen molar-refractivity contribution in [2.75, 3.05) is 25.5 Å². The maximum absolute atomic E-state index is 12.6. The molecule has 0 fully saturated rings. The monoisotopic (exact) mass is 430 g/mol. The molecule has 1 aliphatic rings. The van der Waals surface area contributed by atoms with Gasteiger partial charge in [-0.05, 0) is 41.3 Å². The van der Waals surface area contributed by atoms with Crippen molar-refractivity contribution in [2.24, 2.45) is 0 Å². The number of hydrogen-bond acceptors (Lipinski definition) is 5. The first-order valence-corrected chi connectivity index (χ1v) is 10.6. The summed E-state index contributed by atoms with van der Waals surface area (Å²) in [6.45, 7) is 1.94. The molecule has 1 unspecified atom stereocenters. The van der Waals surface area contributed by atoms with Crippen molar-refractivity contribution in [1.29, 1.82) is 0 Å². The number of para-hydroxylation sites is 2. The number of nitrogens with one attached hydrogen (secondary N) is 2. The fourth-order valence-electron chi connectivity index (χ4n) is 4.01. The van der Waals surface area contributed by atoms with Gasteiger partial charge in [0.05, 0.1) is 18.8 Å². The number of anilines is 1. The molecule has 0 aliphatic carbocycles. The van der Waals surface area contributed by atoms with Crippen LogP contribution in [0.3, 0.4) is 0 Å². The number of pyridine rings is 1. The summed E-state index contributed by atoms with van der Waals surface area (Å²) in [6.07, 6.45) is 4.48. The highest BCUT2D eigenvalue weighted by Crippen LogP contribution is 2.27. The Labute approximate surface area is 187 Å². The lowest BCUT2D eigenvalue weighted by Crippen LogP contribution is -2.43. The van der Waals surface area contributed by atoms with Crippen LogP contribution in [0.15, 0.2) is 73.1 Å². The minimum absolute atomic E-state index is 0.0972. The Morgan fingerprint density at radius 3 is 2.59 bits per heavy atom. The highest BCUT2D eigenvalue weighted by molar-refractivity contribution is 6.39. The van der Waals surface area contributed by atoms with E-state index in [9.17, 15) is 9.59 Å². The number of amides is 2. The number of benzene rings is 2. The molecular weight excluding hydrogens is 404 g/mol. The number of fused-ring (bicyclic) bond motifs is 1. The van der Waals surface area contributed by atoms with E-state index in [1.165, 1.54) is 18.2 Å². The van der Waals surface area contributed by atoms with Crippen molar-refractivity contribution in [3.05, 3.63) is 89.7 Å². The molecule has 0 bridgehead atoms. The third kappa shape index (κ3) is 4.95. The molecule has 1 aromatic heterocycles. The van der Waals surface area contributed by atoms with E-state index in [0.717, 1.165) is 25.1 Å². The van der Waals surface area contributed by atoms with Crippen LogP contribution in [-0.2, 0) is 22.6 Å². The summed E-state index contributed by atoms with van der Waals surface area (Å²) in [4.78, 5) is 31.6. The molecule has 0 radical (unpaired) electrons. The van der Waals surface area contributed by atoms with Gasteiger partial charge in [-0.2, -0.15) is 0 Å². The molecule has 1 aliphatic heterocycles. The van der Waals surface area contributed by atoms with Crippen molar-refractivity contribution >= 4 is 17.5 Å². The molecule has 0 saturated heterocycles. The maximum Gasteiger partial charge on any atom is 0.313 e. The van der Waals surface area contributed by atoms with Crippen molar-refractivity contribution in [1.82, 2.24) is 15.2 Å². The van der Waals surface area contributed by atoms with Crippen molar-refractivity contribution in [2.45, 2.75) is 19.0 Å². The Hall–Kier alpha value is -3.71. The molecule has 2 heterocycles. The number of rotatable bonds is 6. The summed E-state index contributed by atoms with van der Waals surface area (Å²) in [5.74, 6) is -0.931. The quantitative estimate of drug-likeness (QED) is 0.588. The van der Waals surface area contributed by atoms with Crippen molar-refractivity contribution < 1.29 is 14.3 Å². The molecule has 0 spiro atoms. The van der Waals surface area contributed by atoms with Crippen LogP contribution in [0.25, 0.3) is 0 Å². The SMILES string of the molecule is COc1ccccc1NC(=O)C(=O)NCC(c1cccnc1)N1CCc2ccccc2C1. The number of carbonyl (C=O) groups is 2. The second-order valence-electron chi connectivity index (χ2n) is 7.66. The Bertz CT molecular complexity index is 1090. The second-order valence-corrected chi connectivity index (χ2v) is 7.66. The largest absolute Gasteiger partial charge is 0.495 e. The highest BCUT2D eigenvalue weighted by Gasteiger charge is 2.26. The molecule has 2 N–H and O–H groups in total. The zero-order valence-electron chi connectivity index (χ0n) is 18.0. The molecule has 3 aromatic rings. The summed E-state index contributed by atoms with van der Waals surface area (Å²) >= 11 is 0. The van der Waals surface area contributed by atoms with E-state index in [0.29, 0.717) is 18.0 Å². The van der Waals surface area contributed by atoms with E-state index < -0.39 is 11.8 Å². The van der Waals surface area contributed by atoms with E-state index in [2.05, 4.69) is 38.7 Å². The highest BCUT2D eigenvalue weighted by atomic mass is 16.5. The van der Waals surface area contributed by atoms with Crippen LogP contribution < -0.4 is 15.4 Å². The van der Waals surface area contributed by atoms with E-state index in [4.69, 9.17) is 4.74 Å². The topological polar surface area (TPSA) is 83.6 Å². The zero-order valence-corrected chi connectivity index (χ0v) is 18.0. The molecule has 32 heavy (non-hydrogen) atoms.